The molecule has 4 atom stereocenters. The quantitative estimate of drug-likeness (QED) is 0.758. The van der Waals surface area contributed by atoms with Crippen LogP contribution in [0.5, 0.6) is 5.75 Å². The van der Waals surface area contributed by atoms with Crippen molar-refractivity contribution in [3.05, 3.63) is 65.7 Å². The Hall–Kier alpha value is -2.86. The van der Waals surface area contributed by atoms with Gasteiger partial charge in [-0.3, -0.25) is 4.79 Å². The van der Waals surface area contributed by atoms with Crippen LogP contribution in [0.2, 0.25) is 0 Å². The first kappa shape index (κ1) is 19.5. The zero-order valence-corrected chi connectivity index (χ0v) is 16.4. The van der Waals surface area contributed by atoms with Gasteiger partial charge in [0.2, 0.25) is 0 Å². The molecule has 2 saturated heterocycles. The molecule has 0 unspecified atom stereocenters. The normalized spacial score (nSPS) is 25.3. The van der Waals surface area contributed by atoms with E-state index >= 15 is 0 Å². The van der Waals surface area contributed by atoms with Crippen LogP contribution in [0, 0.1) is 5.92 Å². The van der Waals surface area contributed by atoms with E-state index in [1.165, 1.54) is 7.11 Å². The molecule has 2 aliphatic heterocycles. The summed E-state index contributed by atoms with van der Waals surface area (Å²) in [5, 5.41) is 3.43. The molecule has 2 bridgehead atoms. The second-order valence-corrected chi connectivity index (χ2v) is 7.58. The molecule has 2 aromatic carbocycles. The Morgan fingerprint density at radius 2 is 1.90 bits per heavy atom. The summed E-state index contributed by atoms with van der Waals surface area (Å²) in [5.74, 6) is -0.658. The molecule has 0 saturated carbocycles. The fourth-order valence-corrected chi connectivity index (χ4v) is 4.24. The molecule has 6 nitrogen and oxygen atoms in total. The van der Waals surface area contributed by atoms with Crippen molar-refractivity contribution in [3.8, 4) is 5.75 Å². The molecule has 6 heteroatoms. The lowest BCUT2D eigenvalue weighted by Crippen LogP contribution is -2.53. The lowest BCUT2D eigenvalue weighted by Gasteiger charge is -2.35. The Morgan fingerprint density at radius 1 is 1.07 bits per heavy atom. The van der Waals surface area contributed by atoms with Gasteiger partial charge in [-0.1, -0.05) is 36.4 Å². The van der Waals surface area contributed by atoms with Crippen LogP contribution in [0.1, 0.15) is 35.2 Å². The fraction of sp³-hybridized carbons (Fsp3) is 0.391. The minimum Gasteiger partial charge on any atom is -0.489 e. The number of nitrogens with one attached hydrogen (secondary N) is 1. The maximum atomic E-state index is 12.8. The van der Waals surface area contributed by atoms with E-state index in [2.05, 4.69) is 5.32 Å². The van der Waals surface area contributed by atoms with Gasteiger partial charge in [0.05, 0.1) is 12.7 Å². The number of hydrogen-bond donors (Lipinski definition) is 1. The number of fused-ring (bicyclic) bond motifs is 2. The summed E-state index contributed by atoms with van der Waals surface area (Å²) >= 11 is 0. The molecular formula is C23H25NO5. The number of piperidine rings is 1. The molecule has 0 aliphatic carbocycles. The van der Waals surface area contributed by atoms with E-state index in [-0.39, 0.29) is 18.1 Å². The summed E-state index contributed by atoms with van der Waals surface area (Å²) in [6.45, 7) is 0.418. The molecular weight excluding hydrogens is 370 g/mol. The Labute approximate surface area is 170 Å². The highest BCUT2D eigenvalue weighted by Gasteiger charge is 2.47. The van der Waals surface area contributed by atoms with E-state index in [1.54, 1.807) is 18.2 Å². The molecule has 0 spiro atoms. The summed E-state index contributed by atoms with van der Waals surface area (Å²) in [7, 11) is 1.37. The average Bonchev–Trinajstić information content (AvgIpc) is 3.14. The van der Waals surface area contributed by atoms with Crippen molar-refractivity contribution in [2.45, 2.75) is 44.1 Å². The second kappa shape index (κ2) is 8.66. The highest BCUT2D eigenvalue weighted by molar-refractivity contribution is 5.90. The SMILES string of the molecule is COC(=O)[C@H]1[C@@H](OC(=O)c2cccc(OCc3ccccc3)c2)C[C@@H]2CC[C@H]1N2. The van der Waals surface area contributed by atoms with Crippen LogP contribution >= 0.6 is 0 Å². The maximum Gasteiger partial charge on any atom is 0.338 e. The lowest BCUT2D eigenvalue weighted by atomic mass is 9.89. The van der Waals surface area contributed by atoms with Gasteiger partial charge in [0.1, 0.15) is 24.4 Å². The molecule has 0 amide bonds. The van der Waals surface area contributed by atoms with Gasteiger partial charge in [-0.15, -0.1) is 0 Å². The predicted octanol–water partition coefficient (Wildman–Crippen LogP) is 3.10. The summed E-state index contributed by atoms with van der Waals surface area (Å²) in [6, 6.07) is 17.0. The van der Waals surface area contributed by atoms with E-state index in [9.17, 15) is 9.59 Å². The first-order valence-electron chi connectivity index (χ1n) is 9.95. The molecule has 29 heavy (non-hydrogen) atoms. The number of benzene rings is 2. The third-order valence-electron chi connectivity index (χ3n) is 5.68. The van der Waals surface area contributed by atoms with Gasteiger partial charge in [0, 0.05) is 18.5 Å². The monoisotopic (exact) mass is 395 g/mol. The molecule has 152 valence electrons. The van der Waals surface area contributed by atoms with Gasteiger partial charge in [0.15, 0.2) is 0 Å². The number of hydrogen-bond acceptors (Lipinski definition) is 6. The zero-order valence-electron chi connectivity index (χ0n) is 16.4. The van der Waals surface area contributed by atoms with E-state index in [1.807, 2.05) is 36.4 Å². The largest absolute Gasteiger partial charge is 0.489 e. The third-order valence-corrected chi connectivity index (χ3v) is 5.68. The maximum absolute atomic E-state index is 12.8. The summed E-state index contributed by atoms with van der Waals surface area (Å²) in [4.78, 5) is 25.1. The van der Waals surface area contributed by atoms with Crippen LogP contribution in [0.25, 0.3) is 0 Å². The molecule has 2 fully saturated rings. The minimum absolute atomic E-state index is 0.000426. The molecule has 0 aromatic heterocycles. The number of esters is 2. The molecule has 4 rings (SSSR count). The first-order chi connectivity index (χ1) is 14.1. The lowest BCUT2D eigenvalue weighted by molar-refractivity contribution is -0.152. The van der Waals surface area contributed by atoms with E-state index < -0.39 is 18.0 Å². The highest BCUT2D eigenvalue weighted by atomic mass is 16.6. The van der Waals surface area contributed by atoms with E-state index in [0.717, 1.165) is 18.4 Å². The third kappa shape index (κ3) is 4.43. The summed E-state index contributed by atoms with van der Waals surface area (Å²) in [6.07, 6.45) is 2.00. The van der Waals surface area contributed by atoms with Crippen molar-refractivity contribution in [2.75, 3.05) is 7.11 Å². The van der Waals surface area contributed by atoms with Gasteiger partial charge in [0.25, 0.3) is 0 Å². The Bertz CT molecular complexity index is 869. The summed E-state index contributed by atoms with van der Waals surface area (Å²) < 4.78 is 16.5. The molecule has 2 aromatic rings. The van der Waals surface area contributed by atoms with Gasteiger partial charge in [-0.25, -0.2) is 4.79 Å². The Balaban J connectivity index is 1.43. The minimum atomic E-state index is -0.484. The predicted molar refractivity (Wildman–Crippen MR) is 106 cm³/mol. The second-order valence-electron chi connectivity index (χ2n) is 7.58. The van der Waals surface area contributed by atoms with Crippen LogP contribution in [0.3, 0.4) is 0 Å². The van der Waals surface area contributed by atoms with Crippen molar-refractivity contribution >= 4 is 11.9 Å². The number of ether oxygens (including phenoxy) is 3. The van der Waals surface area contributed by atoms with Gasteiger partial charge in [-0.05, 0) is 36.6 Å². The highest BCUT2D eigenvalue weighted by Crippen LogP contribution is 2.34. The fourth-order valence-electron chi connectivity index (χ4n) is 4.24. The van der Waals surface area contributed by atoms with Crippen molar-refractivity contribution < 1.29 is 23.8 Å². The van der Waals surface area contributed by atoms with Crippen LogP contribution in [0.4, 0.5) is 0 Å². The number of carbonyl (C=O) groups excluding carboxylic acids is 2. The molecule has 2 aliphatic rings. The standard InChI is InChI=1S/C23H25NO5/c1-27-23(26)21-19-11-10-17(24-19)13-20(21)29-22(25)16-8-5-9-18(12-16)28-14-15-6-3-2-4-7-15/h2-9,12,17,19-21,24H,10-11,13-14H2,1H3/t17-,19+,20-,21+/m0/s1. The topological polar surface area (TPSA) is 73.9 Å². The number of methoxy groups -OCH3 is 1. The molecule has 1 N–H and O–H groups in total. The number of carbonyl (C=O) groups is 2. The Kier molecular flexibility index (Phi) is 5.81. The first-order valence-corrected chi connectivity index (χ1v) is 9.95. The van der Waals surface area contributed by atoms with Gasteiger partial charge in [-0.2, -0.15) is 0 Å². The van der Waals surface area contributed by atoms with Crippen LogP contribution in [-0.4, -0.2) is 37.2 Å². The van der Waals surface area contributed by atoms with E-state index in [4.69, 9.17) is 14.2 Å². The molecule has 2 heterocycles. The van der Waals surface area contributed by atoms with Crippen molar-refractivity contribution in [1.29, 1.82) is 0 Å². The summed E-state index contributed by atoms with van der Waals surface area (Å²) in [5.41, 5.74) is 1.46. The van der Waals surface area contributed by atoms with Crippen molar-refractivity contribution in [3.63, 3.8) is 0 Å². The number of rotatable bonds is 6. The van der Waals surface area contributed by atoms with Crippen molar-refractivity contribution in [1.82, 2.24) is 5.32 Å². The van der Waals surface area contributed by atoms with Crippen LogP contribution in [-0.2, 0) is 20.9 Å². The Morgan fingerprint density at radius 3 is 2.69 bits per heavy atom. The van der Waals surface area contributed by atoms with Gasteiger partial charge >= 0.3 is 11.9 Å². The van der Waals surface area contributed by atoms with Crippen molar-refractivity contribution in [2.24, 2.45) is 5.92 Å². The van der Waals surface area contributed by atoms with Gasteiger partial charge < -0.3 is 19.5 Å². The van der Waals surface area contributed by atoms with Crippen LogP contribution in [0.15, 0.2) is 54.6 Å². The zero-order chi connectivity index (χ0) is 20.2. The van der Waals surface area contributed by atoms with E-state index in [0.29, 0.717) is 24.3 Å². The average molecular weight is 395 g/mol. The smallest absolute Gasteiger partial charge is 0.338 e. The van der Waals surface area contributed by atoms with Crippen LogP contribution < -0.4 is 10.1 Å². The molecule has 0 radical (unpaired) electrons.